The fourth-order valence-electron chi connectivity index (χ4n) is 2.06. The number of rotatable bonds is 7. The number of benzene rings is 2. The molecule has 0 saturated carbocycles. The molecule has 2 amide bonds. The van der Waals surface area contributed by atoms with Gasteiger partial charge in [-0.3, -0.25) is 9.59 Å². The predicted octanol–water partition coefficient (Wildman–Crippen LogP) is 3.85. The molecule has 138 valence electrons. The molecule has 0 unspecified atom stereocenters. The van der Waals surface area contributed by atoms with Crippen LogP contribution in [-0.4, -0.2) is 27.8 Å². The van der Waals surface area contributed by atoms with Crippen LogP contribution in [0.15, 0.2) is 59.5 Å². The molecule has 0 aliphatic heterocycles. The first-order valence-corrected chi connectivity index (χ1v) is 10.1. The van der Waals surface area contributed by atoms with Crippen LogP contribution >= 0.6 is 34.7 Å². The first-order chi connectivity index (χ1) is 13.1. The first-order valence-electron chi connectivity index (χ1n) is 7.94. The molecule has 0 saturated heterocycles. The molecule has 1 aromatic heterocycles. The van der Waals surface area contributed by atoms with Gasteiger partial charge in [0, 0.05) is 15.6 Å². The zero-order chi connectivity index (χ0) is 19.1. The SMILES string of the molecule is O=C(CSc1ccccc1)NCc1nnc(C(=O)Nc2cccc(Cl)c2)s1. The lowest BCUT2D eigenvalue weighted by atomic mass is 10.3. The van der Waals surface area contributed by atoms with Gasteiger partial charge in [-0.1, -0.05) is 47.2 Å². The van der Waals surface area contributed by atoms with E-state index in [9.17, 15) is 9.59 Å². The Balaban J connectivity index is 1.47. The Morgan fingerprint density at radius 1 is 1.07 bits per heavy atom. The Bertz CT molecular complexity index is 934. The molecule has 1 heterocycles. The molecular weight excluding hydrogens is 404 g/mol. The van der Waals surface area contributed by atoms with Crippen molar-refractivity contribution in [3.63, 3.8) is 0 Å². The van der Waals surface area contributed by atoms with Crippen molar-refractivity contribution in [3.05, 3.63) is 69.6 Å². The van der Waals surface area contributed by atoms with E-state index in [1.165, 1.54) is 11.8 Å². The third-order valence-electron chi connectivity index (χ3n) is 3.29. The van der Waals surface area contributed by atoms with Gasteiger partial charge in [0.1, 0.15) is 5.01 Å². The van der Waals surface area contributed by atoms with Crippen molar-refractivity contribution in [3.8, 4) is 0 Å². The Hall–Kier alpha value is -2.42. The molecule has 0 radical (unpaired) electrons. The first kappa shape index (κ1) is 19.3. The molecule has 3 rings (SSSR count). The van der Waals surface area contributed by atoms with Crippen LogP contribution in [0.2, 0.25) is 5.02 Å². The molecule has 2 aromatic carbocycles. The van der Waals surface area contributed by atoms with Gasteiger partial charge in [-0.05, 0) is 30.3 Å². The van der Waals surface area contributed by atoms with Gasteiger partial charge >= 0.3 is 0 Å². The molecule has 27 heavy (non-hydrogen) atoms. The minimum Gasteiger partial charge on any atom is -0.349 e. The number of carbonyl (C=O) groups excluding carboxylic acids is 2. The van der Waals surface area contributed by atoms with Gasteiger partial charge in [-0.15, -0.1) is 22.0 Å². The average Bonchev–Trinajstić information content (AvgIpc) is 3.15. The summed E-state index contributed by atoms with van der Waals surface area (Å²) in [6, 6.07) is 16.5. The van der Waals surface area contributed by atoms with Crippen LogP contribution in [0.4, 0.5) is 5.69 Å². The number of anilines is 1. The summed E-state index contributed by atoms with van der Waals surface area (Å²) in [5.74, 6) is -0.166. The fraction of sp³-hybridized carbons (Fsp3) is 0.111. The van der Waals surface area contributed by atoms with E-state index in [0.717, 1.165) is 16.2 Å². The predicted molar refractivity (Wildman–Crippen MR) is 108 cm³/mol. The standard InChI is InChI=1S/C18H15ClN4O2S2/c19-12-5-4-6-13(9-12)21-17(25)18-23-22-16(27-18)10-20-15(24)11-26-14-7-2-1-3-8-14/h1-9H,10-11H2,(H,20,24)(H,21,25). The molecule has 3 aromatic rings. The highest BCUT2D eigenvalue weighted by atomic mass is 35.5. The fourth-order valence-corrected chi connectivity index (χ4v) is 3.67. The summed E-state index contributed by atoms with van der Waals surface area (Å²) in [5, 5.41) is 14.6. The second-order valence-corrected chi connectivity index (χ2v) is 7.89. The number of carbonyl (C=O) groups is 2. The maximum atomic E-state index is 12.2. The summed E-state index contributed by atoms with van der Waals surface area (Å²) in [5.41, 5.74) is 0.579. The topological polar surface area (TPSA) is 84.0 Å². The number of halogens is 1. The number of hydrogen-bond acceptors (Lipinski definition) is 6. The van der Waals surface area contributed by atoms with Crippen LogP contribution < -0.4 is 10.6 Å². The van der Waals surface area contributed by atoms with E-state index in [1.807, 2.05) is 30.3 Å². The summed E-state index contributed by atoms with van der Waals surface area (Å²) in [6.45, 7) is 0.232. The van der Waals surface area contributed by atoms with Gasteiger partial charge in [0.2, 0.25) is 10.9 Å². The van der Waals surface area contributed by atoms with Crippen molar-refractivity contribution in [1.29, 1.82) is 0 Å². The van der Waals surface area contributed by atoms with E-state index in [2.05, 4.69) is 20.8 Å². The highest BCUT2D eigenvalue weighted by Gasteiger charge is 2.14. The largest absolute Gasteiger partial charge is 0.349 e. The number of amides is 2. The summed E-state index contributed by atoms with van der Waals surface area (Å²) >= 11 is 8.48. The smallest absolute Gasteiger partial charge is 0.286 e. The van der Waals surface area contributed by atoms with Gasteiger partial charge in [-0.2, -0.15) is 0 Å². The van der Waals surface area contributed by atoms with Crippen LogP contribution in [0.3, 0.4) is 0 Å². The second kappa shape index (κ2) is 9.50. The molecular formula is C18H15ClN4O2S2. The van der Waals surface area contributed by atoms with Crippen LogP contribution in [0.25, 0.3) is 0 Å². The molecule has 2 N–H and O–H groups in total. The Morgan fingerprint density at radius 3 is 2.67 bits per heavy atom. The van der Waals surface area contributed by atoms with E-state index in [1.54, 1.807) is 24.3 Å². The quantitative estimate of drug-likeness (QED) is 0.569. The van der Waals surface area contributed by atoms with E-state index < -0.39 is 0 Å². The molecule has 0 aliphatic carbocycles. The van der Waals surface area contributed by atoms with Crippen molar-refractivity contribution < 1.29 is 9.59 Å². The Kier molecular flexibility index (Phi) is 6.80. The lowest BCUT2D eigenvalue weighted by Gasteiger charge is -2.03. The van der Waals surface area contributed by atoms with Gasteiger partial charge in [-0.25, -0.2) is 0 Å². The maximum Gasteiger partial charge on any atom is 0.286 e. The molecule has 0 bridgehead atoms. The molecule has 0 aliphatic rings. The number of nitrogens with one attached hydrogen (secondary N) is 2. The monoisotopic (exact) mass is 418 g/mol. The molecule has 0 atom stereocenters. The highest BCUT2D eigenvalue weighted by Crippen LogP contribution is 2.18. The van der Waals surface area contributed by atoms with Crippen LogP contribution in [0, 0.1) is 0 Å². The minimum absolute atomic E-state index is 0.107. The third-order valence-corrected chi connectivity index (χ3v) is 5.46. The lowest BCUT2D eigenvalue weighted by Crippen LogP contribution is -2.24. The zero-order valence-corrected chi connectivity index (χ0v) is 16.4. The van der Waals surface area contributed by atoms with Gasteiger partial charge in [0.15, 0.2) is 0 Å². The van der Waals surface area contributed by atoms with Crippen molar-refractivity contribution in [1.82, 2.24) is 15.5 Å². The highest BCUT2D eigenvalue weighted by molar-refractivity contribution is 8.00. The van der Waals surface area contributed by atoms with Crippen molar-refractivity contribution >= 4 is 52.2 Å². The van der Waals surface area contributed by atoms with Gasteiger partial charge in [0.25, 0.3) is 5.91 Å². The number of aromatic nitrogens is 2. The van der Waals surface area contributed by atoms with Crippen molar-refractivity contribution in [2.45, 2.75) is 11.4 Å². The van der Waals surface area contributed by atoms with E-state index >= 15 is 0 Å². The van der Waals surface area contributed by atoms with Gasteiger partial charge < -0.3 is 10.6 Å². The summed E-state index contributed by atoms with van der Waals surface area (Å²) < 4.78 is 0. The van der Waals surface area contributed by atoms with Crippen LogP contribution in [0.5, 0.6) is 0 Å². The lowest BCUT2D eigenvalue weighted by molar-refractivity contribution is -0.118. The normalized spacial score (nSPS) is 10.4. The zero-order valence-electron chi connectivity index (χ0n) is 14.0. The summed E-state index contributed by atoms with van der Waals surface area (Å²) in [7, 11) is 0. The van der Waals surface area contributed by atoms with Crippen LogP contribution in [-0.2, 0) is 11.3 Å². The van der Waals surface area contributed by atoms with Crippen molar-refractivity contribution in [2.75, 3.05) is 11.1 Å². The second-order valence-electron chi connectivity index (χ2n) is 5.34. The Morgan fingerprint density at radius 2 is 1.89 bits per heavy atom. The number of nitrogens with zero attached hydrogens (tertiary/aromatic N) is 2. The minimum atomic E-state index is -0.369. The number of hydrogen-bond donors (Lipinski definition) is 2. The number of thioether (sulfide) groups is 1. The summed E-state index contributed by atoms with van der Waals surface area (Å²) in [4.78, 5) is 25.2. The molecule has 0 spiro atoms. The molecule has 6 nitrogen and oxygen atoms in total. The molecule has 0 fully saturated rings. The van der Waals surface area contributed by atoms with Gasteiger partial charge in [0.05, 0.1) is 12.3 Å². The van der Waals surface area contributed by atoms with Crippen molar-refractivity contribution in [2.24, 2.45) is 0 Å². The molecule has 9 heteroatoms. The maximum absolute atomic E-state index is 12.2. The summed E-state index contributed by atoms with van der Waals surface area (Å²) in [6.07, 6.45) is 0. The van der Waals surface area contributed by atoms with E-state index in [0.29, 0.717) is 21.5 Å². The van der Waals surface area contributed by atoms with E-state index in [4.69, 9.17) is 11.6 Å². The average molecular weight is 419 g/mol. The third kappa shape index (κ3) is 6.06. The van der Waals surface area contributed by atoms with Crippen LogP contribution in [0.1, 0.15) is 14.8 Å². The van der Waals surface area contributed by atoms with E-state index in [-0.39, 0.29) is 23.4 Å². The Labute approximate surface area is 169 Å².